The van der Waals surface area contributed by atoms with Crippen LogP contribution in [0.2, 0.25) is 0 Å². The van der Waals surface area contributed by atoms with Gasteiger partial charge in [0.1, 0.15) is 5.82 Å². The number of halogens is 2. The van der Waals surface area contributed by atoms with E-state index in [0.29, 0.717) is 16.5 Å². The highest BCUT2D eigenvalue weighted by Gasteiger charge is 2.30. The maximum absolute atomic E-state index is 13.3. The molecule has 2 heterocycles. The van der Waals surface area contributed by atoms with Crippen molar-refractivity contribution in [3.05, 3.63) is 40.3 Å². The number of nitrogens with one attached hydrogen (secondary N) is 1. The Labute approximate surface area is 111 Å². The Morgan fingerprint density at radius 2 is 2.16 bits per heavy atom. The van der Waals surface area contributed by atoms with E-state index < -0.39 is 11.6 Å². The monoisotopic (exact) mass is 281 g/mol. The van der Waals surface area contributed by atoms with Gasteiger partial charge in [-0.3, -0.25) is 4.79 Å². The van der Waals surface area contributed by atoms with E-state index in [9.17, 15) is 13.6 Å². The molecule has 3 rings (SSSR count). The third-order valence-electron chi connectivity index (χ3n) is 2.98. The molecule has 1 amide bonds. The van der Waals surface area contributed by atoms with Crippen molar-refractivity contribution in [1.29, 1.82) is 0 Å². The van der Waals surface area contributed by atoms with Gasteiger partial charge in [-0.15, -0.1) is 0 Å². The molecule has 0 saturated heterocycles. The topological polar surface area (TPSA) is 68.0 Å². The van der Waals surface area contributed by atoms with Crippen LogP contribution in [0, 0.1) is 11.6 Å². The lowest BCUT2D eigenvalue weighted by Gasteiger charge is -2.21. The number of carbonyl (C=O) groups excluding carboxylic acids is 1. The second kappa shape index (κ2) is 4.27. The van der Waals surface area contributed by atoms with Gasteiger partial charge in [-0.05, 0) is 17.7 Å². The summed E-state index contributed by atoms with van der Waals surface area (Å²) in [4.78, 5) is 16.4. The van der Waals surface area contributed by atoms with Crippen LogP contribution in [0.5, 0.6) is 0 Å². The van der Waals surface area contributed by atoms with E-state index in [1.807, 2.05) is 0 Å². The smallest absolute Gasteiger partial charge is 0.226 e. The standard InChI is InChI=1S/C12H9F2N3OS/c13-7-2-1-5(3-8(7)14)6-4-9(18)16-11-10(6)19-12(15)17-11/h1-3,6H,4H2,(H2,15,17)(H,16,18). The first-order valence-electron chi connectivity index (χ1n) is 5.55. The average Bonchev–Trinajstić information content (AvgIpc) is 2.72. The van der Waals surface area contributed by atoms with Crippen LogP contribution in [-0.2, 0) is 4.79 Å². The zero-order chi connectivity index (χ0) is 13.6. The minimum atomic E-state index is -0.928. The van der Waals surface area contributed by atoms with Crippen molar-refractivity contribution in [3.8, 4) is 0 Å². The summed E-state index contributed by atoms with van der Waals surface area (Å²) in [5, 5.41) is 2.95. The molecule has 0 spiro atoms. The minimum absolute atomic E-state index is 0.166. The number of nitrogen functional groups attached to an aromatic ring is 1. The summed E-state index contributed by atoms with van der Waals surface area (Å²) in [5.74, 6) is -1.98. The molecule has 2 aromatic rings. The first kappa shape index (κ1) is 12.0. The van der Waals surface area contributed by atoms with Crippen LogP contribution in [0.1, 0.15) is 22.8 Å². The molecule has 0 aliphatic carbocycles. The maximum Gasteiger partial charge on any atom is 0.226 e. The molecule has 0 fully saturated rings. The molecule has 1 unspecified atom stereocenters. The predicted molar refractivity (Wildman–Crippen MR) is 68.0 cm³/mol. The lowest BCUT2D eigenvalue weighted by molar-refractivity contribution is -0.116. The van der Waals surface area contributed by atoms with Crippen LogP contribution in [0.25, 0.3) is 0 Å². The highest BCUT2D eigenvalue weighted by atomic mass is 32.1. The number of nitrogens with two attached hydrogens (primary N) is 1. The van der Waals surface area contributed by atoms with Crippen LogP contribution < -0.4 is 11.1 Å². The number of nitrogens with zero attached hydrogens (tertiary/aromatic N) is 1. The number of hydrogen-bond donors (Lipinski definition) is 2. The van der Waals surface area contributed by atoms with Gasteiger partial charge in [-0.2, -0.15) is 0 Å². The van der Waals surface area contributed by atoms with Crippen molar-refractivity contribution in [2.24, 2.45) is 0 Å². The second-order valence-electron chi connectivity index (χ2n) is 4.24. The molecular formula is C12H9F2N3OS. The van der Waals surface area contributed by atoms with Crippen LogP contribution in [0.4, 0.5) is 19.7 Å². The fourth-order valence-electron chi connectivity index (χ4n) is 2.13. The summed E-state index contributed by atoms with van der Waals surface area (Å²) in [5.41, 5.74) is 6.16. The minimum Gasteiger partial charge on any atom is -0.375 e. The van der Waals surface area contributed by atoms with Gasteiger partial charge in [-0.1, -0.05) is 17.4 Å². The zero-order valence-corrected chi connectivity index (χ0v) is 10.4. The lowest BCUT2D eigenvalue weighted by Crippen LogP contribution is -2.22. The SMILES string of the molecule is Nc1nc2c(s1)C(c1ccc(F)c(F)c1)CC(=O)N2. The summed E-state index contributed by atoms with van der Waals surface area (Å²) in [6.45, 7) is 0. The molecule has 1 aromatic heterocycles. The van der Waals surface area contributed by atoms with Gasteiger partial charge in [-0.25, -0.2) is 13.8 Å². The van der Waals surface area contributed by atoms with Crippen molar-refractivity contribution in [2.75, 3.05) is 11.1 Å². The van der Waals surface area contributed by atoms with E-state index in [-0.39, 0.29) is 18.2 Å². The molecular weight excluding hydrogens is 272 g/mol. The summed E-state index contributed by atoms with van der Waals surface area (Å²) in [6.07, 6.45) is 0.166. The molecule has 7 heteroatoms. The fourth-order valence-corrected chi connectivity index (χ4v) is 3.05. The number of aromatic nitrogens is 1. The number of fused-ring (bicyclic) bond motifs is 1. The molecule has 4 nitrogen and oxygen atoms in total. The van der Waals surface area contributed by atoms with Crippen LogP contribution in [0.3, 0.4) is 0 Å². The van der Waals surface area contributed by atoms with Crippen LogP contribution in [0.15, 0.2) is 18.2 Å². The number of rotatable bonds is 1. The summed E-state index contributed by atoms with van der Waals surface area (Å²) < 4.78 is 26.3. The Morgan fingerprint density at radius 1 is 1.37 bits per heavy atom. The van der Waals surface area contributed by atoms with Gasteiger partial charge >= 0.3 is 0 Å². The van der Waals surface area contributed by atoms with Crippen LogP contribution in [-0.4, -0.2) is 10.9 Å². The van der Waals surface area contributed by atoms with Crippen molar-refractivity contribution < 1.29 is 13.6 Å². The molecule has 0 saturated carbocycles. The van der Waals surface area contributed by atoms with Crippen molar-refractivity contribution in [2.45, 2.75) is 12.3 Å². The Kier molecular flexibility index (Phi) is 2.70. The molecule has 0 bridgehead atoms. The Morgan fingerprint density at radius 3 is 2.89 bits per heavy atom. The Balaban J connectivity index is 2.09. The quantitative estimate of drug-likeness (QED) is 0.843. The predicted octanol–water partition coefficient (Wildman–Crippen LogP) is 2.48. The summed E-state index contributed by atoms with van der Waals surface area (Å²) >= 11 is 1.24. The van der Waals surface area contributed by atoms with Crippen molar-refractivity contribution in [3.63, 3.8) is 0 Å². The lowest BCUT2D eigenvalue weighted by atomic mass is 9.91. The summed E-state index contributed by atoms with van der Waals surface area (Å²) in [6, 6.07) is 3.64. The zero-order valence-electron chi connectivity index (χ0n) is 9.61. The van der Waals surface area contributed by atoms with Gasteiger partial charge in [0, 0.05) is 12.3 Å². The van der Waals surface area contributed by atoms with Gasteiger partial charge in [0.25, 0.3) is 0 Å². The number of hydrogen-bond acceptors (Lipinski definition) is 4. The molecule has 1 aromatic carbocycles. The largest absolute Gasteiger partial charge is 0.375 e. The highest BCUT2D eigenvalue weighted by Crippen LogP contribution is 2.41. The second-order valence-corrected chi connectivity index (χ2v) is 5.31. The molecule has 3 N–H and O–H groups in total. The van der Waals surface area contributed by atoms with Gasteiger partial charge < -0.3 is 11.1 Å². The van der Waals surface area contributed by atoms with E-state index in [0.717, 1.165) is 17.0 Å². The Bertz CT molecular complexity index is 671. The number of thiazole rings is 1. The molecule has 1 aliphatic heterocycles. The first-order chi connectivity index (χ1) is 9.04. The van der Waals surface area contributed by atoms with Gasteiger partial charge in [0.05, 0.1) is 4.88 Å². The molecule has 98 valence electrons. The highest BCUT2D eigenvalue weighted by molar-refractivity contribution is 7.16. The fraction of sp³-hybridized carbons (Fsp3) is 0.167. The van der Waals surface area contributed by atoms with E-state index in [4.69, 9.17) is 5.73 Å². The van der Waals surface area contributed by atoms with E-state index >= 15 is 0 Å². The van der Waals surface area contributed by atoms with Gasteiger partial charge in [0.2, 0.25) is 5.91 Å². The van der Waals surface area contributed by atoms with Crippen molar-refractivity contribution in [1.82, 2.24) is 4.98 Å². The van der Waals surface area contributed by atoms with Crippen LogP contribution >= 0.6 is 11.3 Å². The third-order valence-corrected chi connectivity index (χ3v) is 3.98. The first-order valence-corrected chi connectivity index (χ1v) is 6.37. The molecule has 19 heavy (non-hydrogen) atoms. The van der Waals surface area contributed by atoms with Crippen molar-refractivity contribution >= 4 is 28.2 Å². The number of amides is 1. The molecule has 1 aliphatic rings. The number of anilines is 2. The molecule has 1 atom stereocenters. The van der Waals surface area contributed by atoms with E-state index in [1.165, 1.54) is 17.4 Å². The number of carbonyl (C=O) groups is 1. The third kappa shape index (κ3) is 2.06. The van der Waals surface area contributed by atoms with E-state index in [2.05, 4.69) is 10.3 Å². The van der Waals surface area contributed by atoms with Gasteiger partial charge in [0.15, 0.2) is 16.8 Å². The average molecular weight is 281 g/mol. The van der Waals surface area contributed by atoms with E-state index in [1.54, 1.807) is 0 Å². The number of benzene rings is 1. The molecule has 0 radical (unpaired) electrons. The normalized spacial score (nSPS) is 18.0. The Hall–Kier alpha value is -2.02. The maximum atomic E-state index is 13.3. The summed E-state index contributed by atoms with van der Waals surface area (Å²) in [7, 11) is 0.